The summed E-state index contributed by atoms with van der Waals surface area (Å²) in [5, 5.41) is 2.25. The molecular weight excluding hydrogens is 360 g/mol. The minimum absolute atomic E-state index is 0.0922. The number of ether oxygens (including phenoxy) is 1. The van der Waals surface area contributed by atoms with Crippen molar-refractivity contribution in [2.75, 3.05) is 33.8 Å². The topological polar surface area (TPSA) is 32.8 Å². The molecule has 0 radical (unpaired) electrons. The van der Waals surface area contributed by atoms with E-state index in [1.165, 1.54) is 5.56 Å². The van der Waals surface area contributed by atoms with Gasteiger partial charge in [-0.3, -0.25) is 4.79 Å². The number of hydrogen-bond donors (Lipinski definition) is 0. The van der Waals surface area contributed by atoms with Gasteiger partial charge in [0.1, 0.15) is 5.75 Å². The summed E-state index contributed by atoms with van der Waals surface area (Å²) in [6, 6.07) is 22.8. The van der Waals surface area contributed by atoms with Crippen LogP contribution in [-0.2, 0) is 4.79 Å². The van der Waals surface area contributed by atoms with Gasteiger partial charge >= 0.3 is 0 Å². The molecule has 4 heteroatoms. The molecule has 1 unspecified atom stereocenters. The molecular formula is C25H28N2O2. The van der Waals surface area contributed by atoms with Gasteiger partial charge in [-0.2, -0.15) is 0 Å². The van der Waals surface area contributed by atoms with Crippen LogP contribution in [0.4, 0.5) is 0 Å². The number of nitrogens with zero attached hydrogens (tertiary/aromatic N) is 2. The van der Waals surface area contributed by atoms with Gasteiger partial charge in [0, 0.05) is 19.6 Å². The zero-order chi connectivity index (χ0) is 20.4. The second-order valence-corrected chi connectivity index (χ2v) is 7.91. The quantitative estimate of drug-likeness (QED) is 0.661. The van der Waals surface area contributed by atoms with Crippen LogP contribution in [0.15, 0.2) is 66.7 Å². The molecule has 3 aromatic carbocycles. The molecule has 1 saturated heterocycles. The predicted octanol–water partition coefficient (Wildman–Crippen LogP) is 4.47. The fourth-order valence-electron chi connectivity index (χ4n) is 4.17. The Balaban J connectivity index is 1.61. The van der Waals surface area contributed by atoms with Crippen molar-refractivity contribution in [2.45, 2.75) is 18.9 Å². The number of carbonyl (C=O) groups excluding carboxylic acids is 1. The maximum absolute atomic E-state index is 13.5. The number of hydrogen-bond acceptors (Lipinski definition) is 3. The van der Waals surface area contributed by atoms with Crippen LogP contribution < -0.4 is 4.74 Å². The Morgan fingerprint density at radius 1 is 1.00 bits per heavy atom. The van der Waals surface area contributed by atoms with Gasteiger partial charge < -0.3 is 14.5 Å². The highest BCUT2D eigenvalue weighted by Crippen LogP contribution is 2.31. The third-order valence-electron chi connectivity index (χ3n) is 5.99. The molecule has 0 N–H and O–H groups in total. The normalized spacial score (nSPS) is 18.6. The van der Waals surface area contributed by atoms with E-state index >= 15 is 0 Å². The number of rotatable bonds is 4. The second kappa shape index (κ2) is 8.26. The Kier molecular flexibility index (Phi) is 5.54. The molecule has 150 valence electrons. The summed E-state index contributed by atoms with van der Waals surface area (Å²) in [6.07, 6.45) is 0. The number of likely N-dealkylation sites (N-methyl/N-ethyl adjacent to an activating group) is 1. The molecule has 3 aromatic rings. The summed E-state index contributed by atoms with van der Waals surface area (Å²) in [5.41, 5.74) is 2.25. The number of fused-ring (bicyclic) bond motifs is 1. The number of piperazine rings is 1. The fraction of sp³-hybridized carbons (Fsp3) is 0.320. The van der Waals surface area contributed by atoms with Crippen LogP contribution >= 0.6 is 0 Å². The van der Waals surface area contributed by atoms with Crippen molar-refractivity contribution in [3.8, 4) is 5.75 Å². The van der Waals surface area contributed by atoms with E-state index in [9.17, 15) is 4.79 Å². The lowest BCUT2D eigenvalue weighted by molar-refractivity contribution is -0.137. The van der Waals surface area contributed by atoms with Gasteiger partial charge in [-0.25, -0.2) is 0 Å². The number of carbonyl (C=O) groups is 1. The molecule has 4 nitrogen and oxygen atoms in total. The van der Waals surface area contributed by atoms with Crippen molar-refractivity contribution in [3.05, 3.63) is 77.9 Å². The molecule has 0 spiro atoms. The van der Waals surface area contributed by atoms with E-state index < -0.39 is 0 Å². The lowest BCUT2D eigenvalue weighted by atomic mass is 9.94. The Hall–Kier alpha value is -2.85. The van der Waals surface area contributed by atoms with E-state index in [2.05, 4.69) is 53.2 Å². The van der Waals surface area contributed by atoms with Crippen LogP contribution in [0.3, 0.4) is 0 Å². The van der Waals surface area contributed by atoms with E-state index in [-0.39, 0.29) is 17.9 Å². The van der Waals surface area contributed by atoms with Crippen molar-refractivity contribution < 1.29 is 9.53 Å². The van der Waals surface area contributed by atoms with Gasteiger partial charge in [0.15, 0.2) is 0 Å². The Labute approximate surface area is 172 Å². The zero-order valence-corrected chi connectivity index (χ0v) is 17.3. The fourth-order valence-corrected chi connectivity index (χ4v) is 4.17. The molecule has 0 bridgehead atoms. The zero-order valence-electron chi connectivity index (χ0n) is 17.3. The average molecular weight is 389 g/mol. The van der Waals surface area contributed by atoms with Crippen molar-refractivity contribution in [3.63, 3.8) is 0 Å². The SMILES string of the molecule is COc1ccc2cc([C@H](C)C(=O)N3CCN(C)CC3c3ccccc3)ccc2c1. The number of benzene rings is 3. The van der Waals surface area contributed by atoms with Gasteiger partial charge in [0.2, 0.25) is 5.91 Å². The minimum atomic E-state index is -0.184. The summed E-state index contributed by atoms with van der Waals surface area (Å²) in [5.74, 6) is 0.855. The lowest BCUT2D eigenvalue weighted by Crippen LogP contribution is -2.50. The number of amides is 1. The smallest absolute Gasteiger partial charge is 0.230 e. The first kappa shape index (κ1) is 19.5. The van der Waals surface area contributed by atoms with E-state index in [4.69, 9.17) is 4.74 Å². The highest BCUT2D eigenvalue weighted by atomic mass is 16.5. The monoisotopic (exact) mass is 388 g/mol. The Bertz CT molecular complexity index is 1000. The van der Waals surface area contributed by atoms with Gasteiger partial charge in [-0.15, -0.1) is 0 Å². The predicted molar refractivity (Wildman–Crippen MR) is 117 cm³/mol. The van der Waals surface area contributed by atoms with E-state index in [1.807, 2.05) is 37.3 Å². The van der Waals surface area contributed by atoms with Crippen molar-refractivity contribution in [2.24, 2.45) is 0 Å². The highest BCUT2D eigenvalue weighted by molar-refractivity contribution is 5.88. The van der Waals surface area contributed by atoms with Crippen LogP contribution in [-0.4, -0.2) is 49.5 Å². The Morgan fingerprint density at radius 2 is 1.72 bits per heavy atom. The van der Waals surface area contributed by atoms with Crippen LogP contribution in [0.1, 0.15) is 30.0 Å². The summed E-state index contributed by atoms with van der Waals surface area (Å²) in [6.45, 7) is 4.54. The molecule has 1 aliphatic rings. The van der Waals surface area contributed by atoms with Gasteiger partial charge in [-0.05, 0) is 48.0 Å². The van der Waals surface area contributed by atoms with E-state index in [0.29, 0.717) is 0 Å². The molecule has 1 heterocycles. The molecule has 0 aromatic heterocycles. The molecule has 1 fully saturated rings. The molecule has 2 atom stereocenters. The Morgan fingerprint density at radius 3 is 2.48 bits per heavy atom. The highest BCUT2D eigenvalue weighted by Gasteiger charge is 2.32. The average Bonchev–Trinajstić information content (AvgIpc) is 2.78. The second-order valence-electron chi connectivity index (χ2n) is 7.91. The van der Waals surface area contributed by atoms with Crippen LogP contribution in [0.25, 0.3) is 10.8 Å². The van der Waals surface area contributed by atoms with Crippen molar-refractivity contribution in [1.82, 2.24) is 9.80 Å². The van der Waals surface area contributed by atoms with Crippen molar-refractivity contribution >= 4 is 16.7 Å². The maximum Gasteiger partial charge on any atom is 0.230 e. The lowest BCUT2D eigenvalue weighted by Gasteiger charge is -2.41. The maximum atomic E-state index is 13.5. The van der Waals surface area contributed by atoms with E-state index in [1.54, 1.807) is 7.11 Å². The molecule has 1 aliphatic heterocycles. The summed E-state index contributed by atoms with van der Waals surface area (Å²) >= 11 is 0. The van der Waals surface area contributed by atoms with Crippen LogP contribution in [0.5, 0.6) is 5.75 Å². The minimum Gasteiger partial charge on any atom is -0.497 e. The molecule has 4 rings (SSSR count). The number of methoxy groups -OCH3 is 1. The third kappa shape index (κ3) is 3.99. The summed E-state index contributed by atoms with van der Waals surface area (Å²) in [4.78, 5) is 17.9. The first-order chi connectivity index (χ1) is 14.1. The molecule has 29 heavy (non-hydrogen) atoms. The van der Waals surface area contributed by atoms with Gasteiger partial charge in [0.25, 0.3) is 0 Å². The van der Waals surface area contributed by atoms with Gasteiger partial charge in [0.05, 0.1) is 19.1 Å². The van der Waals surface area contributed by atoms with Crippen LogP contribution in [0, 0.1) is 0 Å². The molecule has 0 aliphatic carbocycles. The van der Waals surface area contributed by atoms with Crippen molar-refractivity contribution in [1.29, 1.82) is 0 Å². The first-order valence-corrected chi connectivity index (χ1v) is 10.2. The third-order valence-corrected chi connectivity index (χ3v) is 5.99. The first-order valence-electron chi connectivity index (χ1n) is 10.2. The largest absolute Gasteiger partial charge is 0.497 e. The van der Waals surface area contributed by atoms with Gasteiger partial charge in [-0.1, -0.05) is 54.6 Å². The van der Waals surface area contributed by atoms with E-state index in [0.717, 1.165) is 41.7 Å². The summed E-state index contributed by atoms with van der Waals surface area (Å²) in [7, 11) is 3.80. The molecule has 1 amide bonds. The summed E-state index contributed by atoms with van der Waals surface area (Å²) < 4.78 is 5.32. The van der Waals surface area contributed by atoms with Crippen LogP contribution in [0.2, 0.25) is 0 Å². The molecule has 0 saturated carbocycles. The standard InChI is InChI=1S/C25H28N2O2/c1-18(20-9-10-22-16-23(29-3)12-11-21(22)15-20)25(28)27-14-13-26(2)17-24(27)19-7-5-4-6-8-19/h4-12,15-16,18,24H,13-14,17H2,1-3H3/t18-,24?/m0/s1.